The summed E-state index contributed by atoms with van der Waals surface area (Å²) < 4.78 is 27.9. The van der Waals surface area contributed by atoms with E-state index in [0.29, 0.717) is 15.2 Å². The lowest BCUT2D eigenvalue weighted by Crippen LogP contribution is -2.14. The third-order valence-electron chi connectivity index (χ3n) is 2.94. The molecular weight excluding hydrogens is 376 g/mol. The van der Waals surface area contributed by atoms with Crippen LogP contribution in [0.1, 0.15) is 11.1 Å². The standard InChI is InChI=1S/C14H14BrClN2O2S/c1-9-2-4-11(7-13(9)16)18-21(19,20)14-6-10(8-17)3-5-12(14)15/h2-7,18H,8,17H2,1H3. The van der Waals surface area contributed by atoms with Crippen molar-refractivity contribution >= 4 is 43.2 Å². The van der Waals surface area contributed by atoms with Crippen LogP contribution >= 0.6 is 27.5 Å². The monoisotopic (exact) mass is 388 g/mol. The van der Waals surface area contributed by atoms with Gasteiger partial charge in [-0.25, -0.2) is 8.42 Å². The average Bonchev–Trinajstić information content (AvgIpc) is 2.43. The minimum atomic E-state index is -3.72. The Labute approximate surface area is 137 Å². The molecule has 0 amide bonds. The van der Waals surface area contributed by atoms with Crippen LogP contribution in [0, 0.1) is 6.92 Å². The van der Waals surface area contributed by atoms with E-state index in [0.717, 1.165) is 11.1 Å². The van der Waals surface area contributed by atoms with Crippen LogP contribution in [-0.4, -0.2) is 8.42 Å². The molecule has 0 aliphatic heterocycles. The molecule has 7 heteroatoms. The summed E-state index contributed by atoms with van der Waals surface area (Å²) in [6.07, 6.45) is 0. The lowest BCUT2D eigenvalue weighted by molar-refractivity contribution is 0.600. The Balaban J connectivity index is 2.40. The third kappa shape index (κ3) is 3.77. The van der Waals surface area contributed by atoms with E-state index in [1.54, 1.807) is 36.4 Å². The molecule has 4 nitrogen and oxygen atoms in total. The summed E-state index contributed by atoms with van der Waals surface area (Å²) in [6, 6.07) is 9.98. The predicted molar refractivity (Wildman–Crippen MR) is 89.0 cm³/mol. The molecule has 0 saturated heterocycles. The highest BCUT2D eigenvalue weighted by atomic mass is 79.9. The molecule has 0 bridgehead atoms. The van der Waals surface area contributed by atoms with Crippen molar-refractivity contribution in [1.82, 2.24) is 0 Å². The van der Waals surface area contributed by atoms with Crippen LogP contribution in [0.5, 0.6) is 0 Å². The van der Waals surface area contributed by atoms with E-state index < -0.39 is 10.0 Å². The normalized spacial score (nSPS) is 11.4. The molecule has 0 atom stereocenters. The summed E-state index contributed by atoms with van der Waals surface area (Å²) >= 11 is 9.26. The van der Waals surface area contributed by atoms with Crippen molar-refractivity contribution in [1.29, 1.82) is 0 Å². The maximum atomic E-state index is 12.5. The average molecular weight is 390 g/mol. The minimum Gasteiger partial charge on any atom is -0.326 e. The van der Waals surface area contributed by atoms with Crippen LogP contribution in [0.4, 0.5) is 5.69 Å². The minimum absolute atomic E-state index is 0.141. The summed E-state index contributed by atoms with van der Waals surface area (Å²) in [4.78, 5) is 0.141. The van der Waals surface area contributed by atoms with Gasteiger partial charge in [0, 0.05) is 16.0 Å². The molecule has 0 heterocycles. The Kier molecular flexibility index (Phi) is 4.93. The molecule has 0 aliphatic rings. The number of anilines is 1. The van der Waals surface area contributed by atoms with E-state index in [9.17, 15) is 8.42 Å². The Morgan fingerprint density at radius 2 is 1.95 bits per heavy atom. The number of hydrogen-bond acceptors (Lipinski definition) is 3. The van der Waals surface area contributed by atoms with Gasteiger partial charge in [0.1, 0.15) is 4.90 Å². The highest BCUT2D eigenvalue weighted by Crippen LogP contribution is 2.27. The molecular formula is C14H14BrClN2O2S. The Bertz CT molecular complexity index is 779. The molecule has 3 N–H and O–H groups in total. The fourth-order valence-corrected chi connectivity index (χ4v) is 3.99. The zero-order valence-corrected chi connectivity index (χ0v) is 14.4. The van der Waals surface area contributed by atoms with Gasteiger partial charge >= 0.3 is 0 Å². The molecule has 0 aliphatic carbocycles. The second kappa shape index (κ2) is 6.36. The number of nitrogens with two attached hydrogens (primary N) is 1. The molecule has 0 radical (unpaired) electrons. The van der Waals surface area contributed by atoms with E-state index in [4.69, 9.17) is 17.3 Å². The van der Waals surface area contributed by atoms with Crippen molar-refractivity contribution in [3.63, 3.8) is 0 Å². The van der Waals surface area contributed by atoms with Crippen LogP contribution in [0.25, 0.3) is 0 Å². The van der Waals surface area contributed by atoms with Gasteiger partial charge in [0.25, 0.3) is 10.0 Å². The lowest BCUT2D eigenvalue weighted by Gasteiger charge is -2.11. The largest absolute Gasteiger partial charge is 0.326 e. The third-order valence-corrected chi connectivity index (χ3v) is 5.73. The highest BCUT2D eigenvalue weighted by molar-refractivity contribution is 9.10. The van der Waals surface area contributed by atoms with Crippen molar-refractivity contribution in [2.24, 2.45) is 5.73 Å². The summed E-state index contributed by atoms with van der Waals surface area (Å²) in [5.74, 6) is 0. The van der Waals surface area contributed by atoms with Gasteiger partial charge in [0.2, 0.25) is 0 Å². The van der Waals surface area contributed by atoms with Gasteiger partial charge in [-0.3, -0.25) is 4.72 Å². The number of sulfonamides is 1. The SMILES string of the molecule is Cc1ccc(NS(=O)(=O)c2cc(CN)ccc2Br)cc1Cl. The van der Waals surface area contributed by atoms with Gasteiger partial charge in [-0.05, 0) is 58.2 Å². The van der Waals surface area contributed by atoms with Gasteiger partial charge in [-0.15, -0.1) is 0 Å². The molecule has 21 heavy (non-hydrogen) atoms. The first-order chi connectivity index (χ1) is 9.83. The number of aryl methyl sites for hydroxylation is 1. The number of hydrogen-bond donors (Lipinski definition) is 2. The lowest BCUT2D eigenvalue weighted by atomic mass is 10.2. The van der Waals surface area contributed by atoms with Crippen LogP contribution in [0.15, 0.2) is 45.8 Å². The van der Waals surface area contributed by atoms with E-state index in [1.165, 1.54) is 0 Å². The van der Waals surface area contributed by atoms with Crippen molar-refractivity contribution in [2.75, 3.05) is 4.72 Å². The van der Waals surface area contributed by atoms with Gasteiger partial charge in [-0.2, -0.15) is 0 Å². The van der Waals surface area contributed by atoms with E-state index in [2.05, 4.69) is 20.7 Å². The number of benzene rings is 2. The predicted octanol–water partition coefficient (Wildman–Crippen LogP) is 3.67. The fourth-order valence-electron chi connectivity index (χ4n) is 1.75. The Morgan fingerprint density at radius 3 is 2.57 bits per heavy atom. The number of nitrogens with one attached hydrogen (secondary N) is 1. The Hall–Kier alpha value is -1.08. The van der Waals surface area contributed by atoms with Crippen molar-refractivity contribution < 1.29 is 8.42 Å². The molecule has 2 aromatic rings. The number of halogens is 2. The summed E-state index contributed by atoms with van der Waals surface area (Å²) in [5, 5.41) is 0.505. The van der Waals surface area contributed by atoms with Gasteiger partial charge in [0.15, 0.2) is 0 Å². The summed E-state index contributed by atoms with van der Waals surface area (Å²) in [6.45, 7) is 2.12. The second-order valence-electron chi connectivity index (χ2n) is 4.54. The molecule has 0 saturated carbocycles. The maximum Gasteiger partial charge on any atom is 0.263 e. The number of rotatable bonds is 4. The summed E-state index contributed by atoms with van der Waals surface area (Å²) in [7, 11) is -3.72. The molecule has 2 rings (SSSR count). The van der Waals surface area contributed by atoms with E-state index >= 15 is 0 Å². The smallest absolute Gasteiger partial charge is 0.263 e. The highest BCUT2D eigenvalue weighted by Gasteiger charge is 2.18. The van der Waals surface area contributed by atoms with Crippen molar-refractivity contribution in [3.05, 3.63) is 57.0 Å². The molecule has 0 unspecified atom stereocenters. The van der Waals surface area contributed by atoms with Crippen molar-refractivity contribution in [3.8, 4) is 0 Å². The first-order valence-corrected chi connectivity index (χ1v) is 8.76. The maximum absolute atomic E-state index is 12.5. The van der Waals surface area contributed by atoms with Crippen LogP contribution < -0.4 is 10.5 Å². The molecule has 112 valence electrons. The van der Waals surface area contributed by atoms with E-state index in [-0.39, 0.29) is 11.4 Å². The van der Waals surface area contributed by atoms with Crippen LogP contribution in [-0.2, 0) is 16.6 Å². The Morgan fingerprint density at radius 1 is 1.24 bits per heavy atom. The summed E-state index contributed by atoms with van der Waals surface area (Å²) in [5.41, 5.74) is 7.58. The fraction of sp³-hybridized carbons (Fsp3) is 0.143. The molecule has 0 fully saturated rings. The van der Waals surface area contributed by atoms with Crippen LogP contribution in [0.3, 0.4) is 0 Å². The molecule has 2 aromatic carbocycles. The van der Waals surface area contributed by atoms with E-state index in [1.807, 2.05) is 6.92 Å². The molecule has 0 aromatic heterocycles. The molecule has 0 spiro atoms. The zero-order valence-electron chi connectivity index (χ0n) is 11.2. The van der Waals surface area contributed by atoms with Crippen LogP contribution in [0.2, 0.25) is 5.02 Å². The quantitative estimate of drug-likeness (QED) is 0.838. The second-order valence-corrected chi connectivity index (χ2v) is 7.45. The zero-order chi connectivity index (χ0) is 15.6. The van der Waals surface area contributed by atoms with Gasteiger partial charge < -0.3 is 5.73 Å². The van der Waals surface area contributed by atoms with Gasteiger partial charge in [-0.1, -0.05) is 23.7 Å². The first kappa shape index (κ1) is 16.3. The topological polar surface area (TPSA) is 72.2 Å². The van der Waals surface area contributed by atoms with Gasteiger partial charge in [0.05, 0.1) is 5.69 Å². The van der Waals surface area contributed by atoms with Crippen molar-refractivity contribution in [2.45, 2.75) is 18.4 Å². The first-order valence-electron chi connectivity index (χ1n) is 6.11.